The van der Waals surface area contributed by atoms with E-state index in [0.717, 1.165) is 37.0 Å². The summed E-state index contributed by atoms with van der Waals surface area (Å²) in [4.78, 5) is 56.8. The van der Waals surface area contributed by atoms with Crippen LogP contribution in [0.1, 0.15) is 44.9 Å². The summed E-state index contributed by atoms with van der Waals surface area (Å²) >= 11 is 0. The maximum absolute atomic E-state index is 11.5. The van der Waals surface area contributed by atoms with Crippen LogP contribution in [0.15, 0.2) is 0 Å². The summed E-state index contributed by atoms with van der Waals surface area (Å²) in [5.41, 5.74) is 0.221. The molecule has 22 heteroatoms. The van der Waals surface area contributed by atoms with Crippen molar-refractivity contribution in [1.82, 2.24) is 10.2 Å². The van der Waals surface area contributed by atoms with E-state index in [1.165, 1.54) is 14.2 Å². The number of rotatable bonds is 22. The molecular formula is C20H51N2O14P3Si3. The molecule has 1 aliphatic carbocycles. The van der Waals surface area contributed by atoms with Crippen LogP contribution < -0.4 is 5.32 Å². The fourth-order valence-corrected chi connectivity index (χ4v) is 19.7. The molecule has 0 aromatic carbocycles. The van der Waals surface area contributed by atoms with Crippen LogP contribution in [0.2, 0.25) is 30.7 Å². The third kappa shape index (κ3) is 16.4. The van der Waals surface area contributed by atoms with E-state index in [-0.39, 0.29) is 25.1 Å². The van der Waals surface area contributed by atoms with Crippen molar-refractivity contribution >= 4 is 48.7 Å². The minimum atomic E-state index is -4.57. The van der Waals surface area contributed by atoms with Crippen molar-refractivity contribution in [1.29, 1.82) is 0 Å². The number of hydrogen-bond acceptors (Lipinski definition) is 10. The van der Waals surface area contributed by atoms with Gasteiger partial charge in [0, 0.05) is 32.9 Å². The molecule has 0 aromatic rings. The molecule has 0 aromatic heterocycles. The third-order valence-corrected chi connectivity index (χ3v) is 21.8. The van der Waals surface area contributed by atoms with E-state index in [2.05, 4.69) is 5.32 Å². The highest BCUT2D eigenvalue weighted by molar-refractivity contribution is 7.52. The van der Waals surface area contributed by atoms with E-state index in [1.807, 2.05) is 6.55 Å². The fraction of sp³-hybridized carbons (Fsp3) is 1.00. The van der Waals surface area contributed by atoms with E-state index in [0.29, 0.717) is 18.5 Å². The molecular weight excluding hydrogens is 669 g/mol. The van der Waals surface area contributed by atoms with E-state index in [4.69, 9.17) is 31.3 Å². The molecule has 1 saturated carbocycles. The molecule has 0 heterocycles. The quantitative estimate of drug-likeness (QED) is 0.0483. The smallest absolute Gasteiger partial charge is 0.398 e. The van der Waals surface area contributed by atoms with Gasteiger partial charge < -0.3 is 56.2 Å². The molecule has 42 heavy (non-hydrogen) atoms. The first-order chi connectivity index (χ1) is 19.2. The maximum atomic E-state index is 11.5. The Labute approximate surface area is 252 Å². The minimum absolute atomic E-state index is 0.0210. The molecule has 3 unspecified atom stereocenters. The standard InChI is InChI=1S/C20H51N2O14P3Si3/c1-32-40(4,15-10-14-22(18-38(26,27)28)19-39(29,30)31)35-42(34-3,16-9-13-21-17-37(23,24)25)36-41(5,33-2)20-11-7-6-8-12-20/h20-21H,6-19H2,1-5H3,(H2,23,24,25)(H2,26,27,28)(H2,29,30,31). The van der Waals surface area contributed by atoms with Crippen molar-refractivity contribution in [2.24, 2.45) is 0 Å². The second-order valence-corrected chi connectivity index (χ2v) is 26.2. The van der Waals surface area contributed by atoms with Gasteiger partial charge in [-0.25, -0.2) is 0 Å². The van der Waals surface area contributed by atoms with E-state index in [9.17, 15) is 33.3 Å². The van der Waals surface area contributed by atoms with E-state index >= 15 is 0 Å². The normalized spacial score (nSPS) is 20.3. The summed E-state index contributed by atoms with van der Waals surface area (Å²) in [5.74, 6) is 0. The molecule has 0 bridgehead atoms. The third-order valence-electron chi connectivity index (χ3n) is 7.25. The van der Waals surface area contributed by atoms with Crippen LogP contribution in [-0.2, 0) is 35.2 Å². The van der Waals surface area contributed by atoms with Gasteiger partial charge in [0.05, 0.1) is 6.29 Å². The van der Waals surface area contributed by atoms with E-state index < -0.39 is 67.6 Å². The second-order valence-electron chi connectivity index (χ2n) is 11.0. The summed E-state index contributed by atoms with van der Waals surface area (Å²) in [6, 6.07) is 0.611. The number of nitrogens with zero attached hydrogens (tertiary/aromatic N) is 1. The molecule has 7 N–H and O–H groups in total. The SMILES string of the molecule is CO[Si](C)(CCCN(CP(=O)(O)O)CP(=O)(O)O)O[Si](CCCNCP(=O)(O)O)(OC)O[Si](C)(OC)C1CCCCC1. The average Bonchev–Trinajstić information content (AvgIpc) is 2.86. The van der Waals surface area contributed by atoms with Gasteiger partial charge in [-0.15, -0.1) is 0 Å². The summed E-state index contributed by atoms with van der Waals surface area (Å²) < 4.78 is 65.8. The zero-order valence-electron chi connectivity index (χ0n) is 25.2. The predicted octanol–water partition coefficient (Wildman–Crippen LogP) is 2.45. The first-order valence-corrected chi connectivity index (χ1v) is 26.1. The Hall–Kier alpha value is 0.821. The van der Waals surface area contributed by atoms with Gasteiger partial charge in [0.25, 0.3) is 0 Å². The van der Waals surface area contributed by atoms with Crippen molar-refractivity contribution < 1.29 is 64.6 Å². The molecule has 3 atom stereocenters. The van der Waals surface area contributed by atoms with Gasteiger partial charge in [0.2, 0.25) is 0 Å². The van der Waals surface area contributed by atoms with Crippen LogP contribution in [0.4, 0.5) is 0 Å². The first-order valence-electron chi connectivity index (χ1n) is 13.8. The van der Waals surface area contributed by atoms with Crippen LogP contribution >= 0.6 is 22.8 Å². The highest BCUT2D eigenvalue weighted by Gasteiger charge is 2.55. The van der Waals surface area contributed by atoms with Crippen molar-refractivity contribution in [2.75, 3.05) is 53.3 Å². The average molecular weight is 721 g/mol. The van der Waals surface area contributed by atoms with Gasteiger partial charge in [0.1, 0.15) is 12.6 Å². The molecule has 1 rings (SSSR count). The Morgan fingerprint density at radius 3 is 1.79 bits per heavy atom. The molecule has 1 aliphatic rings. The van der Waals surface area contributed by atoms with Crippen LogP contribution in [0.5, 0.6) is 0 Å². The van der Waals surface area contributed by atoms with E-state index in [1.54, 1.807) is 13.7 Å². The summed E-state index contributed by atoms with van der Waals surface area (Å²) in [5, 5.41) is 2.74. The lowest BCUT2D eigenvalue weighted by Gasteiger charge is -2.44. The molecule has 252 valence electrons. The molecule has 16 nitrogen and oxygen atoms in total. The largest absolute Gasteiger partial charge is 0.482 e. The molecule has 1 fully saturated rings. The van der Waals surface area contributed by atoms with Gasteiger partial charge in [-0.1, -0.05) is 19.3 Å². The van der Waals surface area contributed by atoms with Gasteiger partial charge >= 0.3 is 48.7 Å². The van der Waals surface area contributed by atoms with Gasteiger partial charge in [-0.3, -0.25) is 18.6 Å². The first kappa shape index (κ1) is 40.8. The maximum Gasteiger partial charge on any atom is 0.482 e. The Morgan fingerprint density at radius 2 is 1.33 bits per heavy atom. The van der Waals surface area contributed by atoms with Crippen molar-refractivity contribution in [2.45, 2.75) is 75.7 Å². The highest BCUT2D eigenvalue weighted by Crippen LogP contribution is 2.42. The number of nitrogens with one attached hydrogen (secondary N) is 1. The Bertz CT molecular complexity index is 928. The summed E-state index contributed by atoms with van der Waals surface area (Å²) in [6.45, 7) is 4.04. The van der Waals surface area contributed by atoms with Gasteiger partial charge in [0.15, 0.2) is 0 Å². The van der Waals surface area contributed by atoms with Crippen molar-refractivity contribution in [3.63, 3.8) is 0 Å². The van der Waals surface area contributed by atoms with Crippen LogP contribution in [0, 0.1) is 0 Å². The topological polar surface area (TPSA) is 234 Å². The van der Waals surface area contributed by atoms with Gasteiger partial charge in [-0.2, -0.15) is 0 Å². The Balaban J connectivity index is 3.15. The number of hydrogen-bond donors (Lipinski definition) is 7. The lowest BCUT2D eigenvalue weighted by molar-refractivity contribution is 0.139. The molecule has 0 saturated heterocycles. The minimum Gasteiger partial charge on any atom is -0.398 e. The predicted molar refractivity (Wildman–Crippen MR) is 163 cm³/mol. The van der Waals surface area contributed by atoms with Crippen LogP contribution in [0.25, 0.3) is 0 Å². The monoisotopic (exact) mass is 720 g/mol. The lowest BCUT2D eigenvalue weighted by atomic mass is 10.0. The van der Waals surface area contributed by atoms with Crippen molar-refractivity contribution in [3.8, 4) is 0 Å². The zero-order chi connectivity index (χ0) is 32.3. The van der Waals surface area contributed by atoms with Gasteiger partial charge in [-0.05, 0) is 57.9 Å². The van der Waals surface area contributed by atoms with Crippen LogP contribution in [0.3, 0.4) is 0 Å². The molecule has 0 amide bonds. The summed E-state index contributed by atoms with van der Waals surface area (Å²) in [6.07, 6.45) is 3.82. The molecule has 0 radical (unpaired) electrons. The second kappa shape index (κ2) is 17.7. The Morgan fingerprint density at radius 1 is 0.762 bits per heavy atom. The lowest BCUT2D eigenvalue weighted by Crippen LogP contribution is -2.61. The molecule has 0 aliphatic heterocycles. The van der Waals surface area contributed by atoms with Crippen LogP contribution in [-0.4, -0.2) is 113 Å². The van der Waals surface area contributed by atoms with Crippen molar-refractivity contribution in [3.05, 3.63) is 0 Å². The summed E-state index contributed by atoms with van der Waals surface area (Å²) in [7, 11) is -18.2. The fourth-order valence-electron chi connectivity index (χ4n) is 5.04. The highest BCUT2D eigenvalue weighted by atomic mass is 31.2. The Kier molecular flexibility index (Phi) is 17.2. The molecule has 0 spiro atoms. The zero-order valence-corrected chi connectivity index (χ0v) is 30.9.